The summed E-state index contributed by atoms with van der Waals surface area (Å²) in [6, 6.07) is 0. The van der Waals surface area contributed by atoms with Crippen LogP contribution in [0, 0.1) is 6.92 Å². The van der Waals surface area contributed by atoms with Gasteiger partial charge in [0.05, 0.1) is 5.69 Å². The van der Waals surface area contributed by atoms with Gasteiger partial charge in [-0.25, -0.2) is 4.98 Å². The van der Waals surface area contributed by atoms with Crippen LogP contribution in [0.5, 0.6) is 0 Å². The second kappa shape index (κ2) is 3.42. The van der Waals surface area contributed by atoms with Gasteiger partial charge in [0.25, 0.3) is 5.16 Å². The van der Waals surface area contributed by atoms with E-state index in [4.69, 9.17) is 4.55 Å². The average Bonchev–Trinajstić information content (AvgIpc) is 2.08. The zero-order valence-electron chi connectivity index (χ0n) is 6.55. The molecule has 0 radical (unpaired) electrons. The number of rotatable bonds is 1. The lowest BCUT2D eigenvalue weighted by Crippen LogP contribution is -2.05. The molecule has 0 aliphatic heterocycles. The van der Waals surface area contributed by atoms with Gasteiger partial charge >= 0.3 is 10.1 Å². The van der Waals surface area contributed by atoms with Crippen molar-refractivity contribution in [3.63, 3.8) is 0 Å². The third-order valence-electron chi connectivity index (χ3n) is 1.18. The smallest absolute Gasteiger partial charge is 0.323 e. The summed E-state index contributed by atoms with van der Waals surface area (Å²) < 4.78 is 30.9. The van der Waals surface area contributed by atoms with E-state index in [-0.39, 0.29) is 17.6 Å². The highest BCUT2D eigenvalue weighted by Crippen LogP contribution is 2.05. The number of aromatic nitrogens is 2. The standard InChI is InChI=1S/C5H8N2O3S.ClH/c1-4-3-7(2)5(6-4)11(8,9)10;/h3H,1-2H3,(H,8,9,10);1H. The zero-order chi connectivity index (χ0) is 8.65. The monoisotopic (exact) mass is 212 g/mol. The minimum absolute atomic E-state index is 0. The van der Waals surface area contributed by atoms with E-state index in [9.17, 15) is 8.42 Å². The summed E-state index contributed by atoms with van der Waals surface area (Å²) in [5.74, 6) is 0. The van der Waals surface area contributed by atoms with Crippen LogP contribution in [0.2, 0.25) is 0 Å². The van der Waals surface area contributed by atoms with Gasteiger partial charge in [-0.3, -0.25) is 4.55 Å². The van der Waals surface area contributed by atoms with Crippen LogP contribution < -0.4 is 0 Å². The minimum Gasteiger partial charge on any atom is -0.323 e. The van der Waals surface area contributed by atoms with Gasteiger partial charge in [0, 0.05) is 13.2 Å². The largest absolute Gasteiger partial charge is 0.328 e. The molecular formula is C5H9ClN2O3S. The molecule has 0 unspecified atom stereocenters. The third-order valence-corrected chi connectivity index (χ3v) is 2.03. The van der Waals surface area contributed by atoms with Crippen LogP contribution in [0.4, 0.5) is 0 Å². The summed E-state index contributed by atoms with van der Waals surface area (Å²) in [5, 5.41) is -0.324. The quantitative estimate of drug-likeness (QED) is 0.684. The number of aryl methyl sites for hydroxylation is 2. The number of hydrogen-bond donors (Lipinski definition) is 1. The Morgan fingerprint density at radius 3 is 2.25 bits per heavy atom. The summed E-state index contributed by atoms with van der Waals surface area (Å²) >= 11 is 0. The summed E-state index contributed by atoms with van der Waals surface area (Å²) in [5.41, 5.74) is 0.556. The maximum absolute atomic E-state index is 10.5. The molecular weight excluding hydrogens is 204 g/mol. The van der Waals surface area contributed by atoms with Crippen LogP contribution >= 0.6 is 12.4 Å². The first kappa shape index (κ1) is 11.4. The Labute approximate surface area is 76.6 Å². The van der Waals surface area contributed by atoms with Gasteiger partial charge in [0.2, 0.25) is 0 Å². The van der Waals surface area contributed by atoms with Crippen molar-refractivity contribution in [2.24, 2.45) is 7.05 Å². The minimum atomic E-state index is -4.16. The molecule has 7 heteroatoms. The Kier molecular flexibility index (Phi) is 3.25. The normalized spacial score (nSPS) is 10.9. The van der Waals surface area contributed by atoms with E-state index in [2.05, 4.69) is 4.98 Å². The fraction of sp³-hybridized carbons (Fsp3) is 0.400. The number of hydrogen-bond acceptors (Lipinski definition) is 3. The highest BCUT2D eigenvalue weighted by molar-refractivity contribution is 7.85. The SMILES string of the molecule is Cc1cn(C)c(S(=O)(=O)O)n1.Cl. The Balaban J connectivity index is 0.00000121. The molecule has 70 valence electrons. The molecule has 1 aromatic rings. The van der Waals surface area contributed by atoms with Crippen LogP contribution in [0.15, 0.2) is 11.4 Å². The van der Waals surface area contributed by atoms with Crippen LogP contribution in [-0.2, 0) is 17.2 Å². The Morgan fingerprint density at radius 2 is 2.08 bits per heavy atom. The average molecular weight is 213 g/mol. The molecule has 0 aliphatic carbocycles. The van der Waals surface area contributed by atoms with Crippen molar-refractivity contribution in [3.05, 3.63) is 11.9 Å². The highest BCUT2D eigenvalue weighted by Gasteiger charge is 2.15. The van der Waals surface area contributed by atoms with E-state index in [0.29, 0.717) is 5.69 Å². The maximum Gasteiger partial charge on any atom is 0.328 e. The van der Waals surface area contributed by atoms with Gasteiger partial charge in [-0.2, -0.15) is 8.42 Å². The number of imidazole rings is 1. The maximum atomic E-state index is 10.5. The molecule has 0 spiro atoms. The van der Waals surface area contributed by atoms with E-state index in [1.807, 2.05) is 0 Å². The van der Waals surface area contributed by atoms with E-state index >= 15 is 0 Å². The van der Waals surface area contributed by atoms with Crippen molar-refractivity contribution < 1.29 is 13.0 Å². The molecule has 0 saturated carbocycles. The molecule has 1 N–H and O–H groups in total. The first-order valence-corrected chi connectivity index (χ1v) is 4.33. The Morgan fingerprint density at radius 1 is 1.58 bits per heavy atom. The second-order valence-corrected chi connectivity index (χ2v) is 3.57. The molecule has 0 amide bonds. The molecule has 5 nitrogen and oxygen atoms in total. The van der Waals surface area contributed by atoms with Gasteiger partial charge in [0.1, 0.15) is 0 Å². The van der Waals surface area contributed by atoms with E-state index in [0.717, 1.165) is 0 Å². The number of halogens is 1. The molecule has 1 rings (SSSR count). The van der Waals surface area contributed by atoms with Gasteiger partial charge in [-0.15, -0.1) is 12.4 Å². The van der Waals surface area contributed by atoms with Crippen LogP contribution in [0.3, 0.4) is 0 Å². The Bertz CT molecular complexity index is 370. The summed E-state index contributed by atoms with van der Waals surface area (Å²) in [7, 11) is -2.66. The van der Waals surface area contributed by atoms with Crippen LogP contribution in [0.25, 0.3) is 0 Å². The number of nitrogens with zero attached hydrogens (tertiary/aromatic N) is 2. The van der Waals surface area contributed by atoms with E-state index in [1.54, 1.807) is 6.92 Å². The molecule has 0 aliphatic rings. The van der Waals surface area contributed by atoms with Crippen molar-refractivity contribution in [2.45, 2.75) is 12.1 Å². The predicted molar refractivity (Wildman–Crippen MR) is 45.0 cm³/mol. The molecule has 0 saturated heterocycles. The first-order chi connectivity index (χ1) is 4.91. The summed E-state index contributed by atoms with van der Waals surface area (Å²) in [6.45, 7) is 1.65. The first-order valence-electron chi connectivity index (χ1n) is 2.88. The molecule has 1 aromatic heterocycles. The van der Waals surface area contributed by atoms with Gasteiger partial charge < -0.3 is 4.57 Å². The molecule has 0 aromatic carbocycles. The lowest BCUT2D eigenvalue weighted by molar-refractivity contribution is 0.468. The third kappa shape index (κ3) is 2.20. The van der Waals surface area contributed by atoms with E-state index in [1.165, 1.54) is 17.8 Å². The van der Waals surface area contributed by atoms with Crippen molar-refractivity contribution in [1.29, 1.82) is 0 Å². The molecule has 0 atom stereocenters. The molecule has 12 heavy (non-hydrogen) atoms. The van der Waals surface area contributed by atoms with E-state index < -0.39 is 10.1 Å². The second-order valence-electron chi connectivity index (χ2n) is 2.25. The lowest BCUT2D eigenvalue weighted by Gasteiger charge is -1.93. The van der Waals surface area contributed by atoms with Gasteiger partial charge in [-0.05, 0) is 6.92 Å². The van der Waals surface area contributed by atoms with Crippen molar-refractivity contribution in [1.82, 2.24) is 9.55 Å². The summed E-state index contributed by atoms with van der Waals surface area (Å²) in [6.07, 6.45) is 1.52. The van der Waals surface area contributed by atoms with Crippen molar-refractivity contribution >= 4 is 22.5 Å². The van der Waals surface area contributed by atoms with Crippen LogP contribution in [0.1, 0.15) is 5.69 Å². The fourth-order valence-corrected chi connectivity index (χ4v) is 1.51. The lowest BCUT2D eigenvalue weighted by atomic mass is 10.6. The molecule has 0 bridgehead atoms. The molecule has 0 fully saturated rings. The topological polar surface area (TPSA) is 72.2 Å². The van der Waals surface area contributed by atoms with Crippen molar-refractivity contribution in [2.75, 3.05) is 0 Å². The summed E-state index contributed by atoms with van der Waals surface area (Å²) in [4.78, 5) is 3.61. The van der Waals surface area contributed by atoms with Gasteiger partial charge in [0.15, 0.2) is 0 Å². The van der Waals surface area contributed by atoms with Gasteiger partial charge in [-0.1, -0.05) is 0 Å². The zero-order valence-corrected chi connectivity index (χ0v) is 8.18. The fourth-order valence-electron chi connectivity index (χ4n) is 0.834. The molecule has 1 heterocycles. The predicted octanol–water partition coefficient (Wildman–Crippen LogP) is 0.397. The van der Waals surface area contributed by atoms with Crippen LogP contribution in [-0.4, -0.2) is 22.5 Å². The van der Waals surface area contributed by atoms with Crippen molar-refractivity contribution in [3.8, 4) is 0 Å². The highest BCUT2D eigenvalue weighted by atomic mass is 35.5. The Hall–Kier alpha value is -0.590.